The lowest BCUT2D eigenvalue weighted by Crippen LogP contribution is -2.12. The largest absolute Gasteiger partial charge is 0.480 e. The first-order chi connectivity index (χ1) is 17.1. The van der Waals surface area contributed by atoms with E-state index in [1.165, 1.54) is 0 Å². The Morgan fingerprint density at radius 3 is 2.17 bits per heavy atom. The van der Waals surface area contributed by atoms with Gasteiger partial charge in [0.15, 0.2) is 5.76 Å². The van der Waals surface area contributed by atoms with Crippen LogP contribution in [0.5, 0.6) is 0 Å². The fourth-order valence-electron chi connectivity index (χ4n) is 3.93. The Hall–Kier alpha value is -4.35. The maximum atomic E-state index is 11.0. The number of nitrogens with one attached hydrogen (secondary N) is 1. The second kappa shape index (κ2) is 10.9. The molecule has 0 aliphatic heterocycles. The summed E-state index contributed by atoms with van der Waals surface area (Å²) in [6.07, 6.45) is 0. The molecule has 0 saturated heterocycles. The molecule has 1 heterocycles. The van der Waals surface area contributed by atoms with E-state index in [2.05, 4.69) is 5.32 Å². The highest BCUT2D eigenvalue weighted by Crippen LogP contribution is 2.40. The van der Waals surface area contributed by atoms with Gasteiger partial charge in [-0.3, -0.25) is 4.79 Å². The molecule has 5 nitrogen and oxygen atoms in total. The van der Waals surface area contributed by atoms with Gasteiger partial charge in [-0.15, -0.1) is 0 Å². The molecule has 0 bridgehead atoms. The average molecular weight is 497 g/mol. The molecule has 0 spiro atoms. The van der Waals surface area contributed by atoms with E-state index in [0.29, 0.717) is 22.4 Å². The van der Waals surface area contributed by atoms with Gasteiger partial charge in [-0.2, -0.15) is 0 Å². The van der Waals surface area contributed by atoms with Crippen molar-refractivity contribution in [2.24, 2.45) is 0 Å². The van der Waals surface area contributed by atoms with Crippen LogP contribution >= 0.6 is 11.6 Å². The van der Waals surface area contributed by atoms with E-state index < -0.39 is 5.97 Å². The van der Waals surface area contributed by atoms with E-state index in [-0.39, 0.29) is 14.0 Å². The zero-order valence-electron chi connectivity index (χ0n) is 18.6. The van der Waals surface area contributed by atoms with Crippen LogP contribution in [0.3, 0.4) is 0 Å². The van der Waals surface area contributed by atoms with Gasteiger partial charge in [0.1, 0.15) is 12.2 Å². The molecule has 4 aromatic carbocycles. The Kier molecular flexibility index (Phi) is 7.52. The highest BCUT2D eigenvalue weighted by molar-refractivity contribution is 6.31. The first-order valence-corrected chi connectivity index (χ1v) is 11.4. The van der Waals surface area contributed by atoms with Gasteiger partial charge in [-0.1, -0.05) is 91.8 Å². The topological polar surface area (TPSA) is 75.4 Å². The predicted molar refractivity (Wildman–Crippen MR) is 146 cm³/mol. The molecular formula is C30H25ClN2O3. The Morgan fingerprint density at radius 1 is 0.806 bits per heavy atom. The number of carbonyl (C=O) groups is 1. The number of halogens is 1. The van der Waals surface area contributed by atoms with Crippen LogP contribution in [-0.4, -0.2) is 22.6 Å². The van der Waals surface area contributed by atoms with Gasteiger partial charge in [0.05, 0.1) is 0 Å². The number of hydrogen-bond donors (Lipinski definition) is 2. The van der Waals surface area contributed by atoms with Gasteiger partial charge >= 0.3 is 5.97 Å². The number of anilines is 1. The van der Waals surface area contributed by atoms with Gasteiger partial charge in [-0.25, -0.2) is 4.98 Å². The van der Waals surface area contributed by atoms with Crippen LogP contribution in [0.15, 0.2) is 108 Å². The van der Waals surface area contributed by atoms with Gasteiger partial charge < -0.3 is 14.8 Å². The van der Waals surface area contributed by atoms with Crippen molar-refractivity contribution in [3.05, 3.63) is 108 Å². The van der Waals surface area contributed by atoms with Gasteiger partial charge in [-0.05, 0) is 41.5 Å². The highest BCUT2D eigenvalue weighted by Gasteiger charge is 2.20. The standard InChI is InChI=1S/C29H21ClN2O3.CH4/c30-22-14-15-24(25(17-22)21-12-7-13-23(16-21)31-18-26(33)34)29-32-27(19-8-3-1-4-9-19)28(35-29)20-10-5-2-6-11-20;/h1-17,31H,18H2,(H,33,34);1H4. The Balaban J connectivity index is 0.00000304. The fourth-order valence-corrected chi connectivity index (χ4v) is 4.10. The number of aliphatic carboxylic acids is 1. The monoisotopic (exact) mass is 496 g/mol. The lowest BCUT2D eigenvalue weighted by molar-refractivity contribution is -0.134. The molecule has 180 valence electrons. The molecule has 0 atom stereocenters. The molecule has 0 radical (unpaired) electrons. The minimum Gasteiger partial charge on any atom is -0.480 e. The summed E-state index contributed by atoms with van der Waals surface area (Å²) in [5.74, 6) is 0.225. The molecule has 6 heteroatoms. The Labute approximate surface area is 215 Å². The number of nitrogens with zero attached hydrogens (tertiary/aromatic N) is 1. The van der Waals surface area contributed by atoms with Crippen LogP contribution in [0.25, 0.3) is 45.2 Å². The summed E-state index contributed by atoms with van der Waals surface area (Å²) in [5.41, 5.74) is 5.81. The van der Waals surface area contributed by atoms with Crippen LogP contribution in [0, 0.1) is 0 Å². The van der Waals surface area contributed by atoms with Crippen molar-refractivity contribution in [1.82, 2.24) is 4.98 Å². The third kappa shape index (κ3) is 5.32. The molecule has 0 unspecified atom stereocenters. The Bertz CT molecular complexity index is 1420. The zero-order chi connectivity index (χ0) is 24.2. The molecule has 2 N–H and O–H groups in total. The van der Waals surface area contributed by atoms with Crippen LogP contribution in [-0.2, 0) is 4.79 Å². The minimum absolute atomic E-state index is 0. The van der Waals surface area contributed by atoms with Crippen molar-refractivity contribution in [2.45, 2.75) is 7.43 Å². The second-order valence-corrected chi connectivity index (χ2v) is 8.38. The first kappa shape index (κ1) is 24.8. The maximum Gasteiger partial charge on any atom is 0.322 e. The maximum absolute atomic E-state index is 11.0. The quantitative estimate of drug-likeness (QED) is 0.238. The minimum atomic E-state index is -0.930. The average Bonchev–Trinajstić information content (AvgIpc) is 3.34. The van der Waals surface area contributed by atoms with Crippen LogP contribution < -0.4 is 5.32 Å². The van der Waals surface area contributed by atoms with Crippen LogP contribution in [0.4, 0.5) is 5.69 Å². The van der Waals surface area contributed by atoms with E-state index >= 15 is 0 Å². The van der Waals surface area contributed by atoms with Gasteiger partial charge in [0, 0.05) is 27.4 Å². The molecule has 5 aromatic rings. The number of carboxylic acids is 1. The molecule has 0 aliphatic rings. The first-order valence-electron chi connectivity index (χ1n) is 11.1. The molecule has 0 saturated carbocycles. The van der Waals surface area contributed by atoms with E-state index in [9.17, 15) is 4.79 Å². The summed E-state index contributed by atoms with van der Waals surface area (Å²) in [4.78, 5) is 15.9. The number of hydrogen-bond acceptors (Lipinski definition) is 4. The normalized spacial score (nSPS) is 10.5. The molecule has 36 heavy (non-hydrogen) atoms. The van der Waals surface area contributed by atoms with Crippen molar-refractivity contribution < 1.29 is 14.3 Å². The third-order valence-corrected chi connectivity index (χ3v) is 5.77. The number of aromatic nitrogens is 1. The molecule has 5 rings (SSSR count). The highest BCUT2D eigenvalue weighted by atomic mass is 35.5. The molecule has 0 amide bonds. The second-order valence-electron chi connectivity index (χ2n) is 7.95. The number of oxazole rings is 1. The van der Waals surface area contributed by atoms with Crippen LogP contribution in [0.1, 0.15) is 7.43 Å². The fraction of sp³-hybridized carbons (Fsp3) is 0.0667. The number of carboxylic acid groups (broad SMARTS) is 1. The van der Waals surface area contributed by atoms with Crippen molar-refractivity contribution in [1.29, 1.82) is 0 Å². The van der Waals surface area contributed by atoms with Crippen LogP contribution in [0.2, 0.25) is 5.02 Å². The molecule has 0 fully saturated rings. The zero-order valence-corrected chi connectivity index (χ0v) is 19.4. The van der Waals surface area contributed by atoms with E-state index in [1.54, 1.807) is 0 Å². The smallest absolute Gasteiger partial charge is 0.322 e. The van der Waals surface area contributed by atoms with Crippen molar-refractivity contribution in [3.8, 4) is 45.2 Å². The number of rotatable bonds is 7. The summed E-state index contributed by atoms with van der Waals surface area (Å²) in [5, 5.41) is 12.5. The van der Waals surface area contributed by atoms with E-state index in [0.717, 1.165) is 33.5 Å². The Morgan fingerprint density at radius 2 is 1.47 bits per heavy atom. The molecule has 1 aromatic heterocycles. The summed E-state index contributed by atoms with van der Waals surface area (Å²) in [6.45, 7) is -0.174. The molecule has 0 aliphatic carbocycles. The summed E-state index contributed by atoms with van der Waals surface area (Å²) in [6, 6.07) is 32.9. The summed E-state index contributed by atoms with van der Waals surface area (Å²) >= 11 is 6.38. The van der Waals surface area contributed by atoms with Crippen molar-refractivity contribution in [2.75, 3.05) is 11.9 Å². The van der Waals surface area contributed by atoms with E-state index in [1.807, 2.05) is 103 Å². The van der Waals surface area contributed by atoms with E-state index in [4.69, 9.17) is 26.1 Å². The van der Waals surface area contributed by atoms with Gasteiger partial charge in [0.2, 0.25) is 5.89 Å². The van der Waals surface area contributed by atoms with Crippen molar-refractivity contribution >= 4 is 23.3 Å². The molecular weight excluding hydrogens is 472 g/mol. The number of benzene rings is 4. The lowest BCUT2D eigenvalue weighted by atomic mass is 9.99. The summed E-state index contributed by atoms with van der Waals surface area (Å²) < 4.78 is 6.41. The SMILES string of the molecule is C.O=C(O)CNc1cccc(-c2cc(Cl)ccc2-c2nc(-c3ccccc3)c(-c3ccccc3)o2)c1. The van der Waals surface area contributed by atoms with Crippen molar-refractivity contribution in [3.63, 3.8) is 0 Å². The third-order valence-electron chi connectivity index (χ3n) is 5.54. The lowest BCUT2D eigenvalue weighted by Gasteiger charge is -2.10. The van der Waals surface area contributed by atoms with Gasteiger partial charge in [0.25, 0.3) is 0 Å². The predicted octanol–water partition coefficient (Wildman–Crippen LogP) is 8.13. The summed E-state index contributed by atoms with van der Waals surface area (Å²) in [7, 11) is 0.